The Balaban J connectivity index is 4.82. The van der Waals surface area contributed by atoms with Crippen LogP contribution in [0, 0.1) is 0 Å². The van der Waals surface area contributed by atoms with Crippen LogP contribution in [0.25, 0.3) is 0 Å². The van der Waals surface area contributed by atoms with E-state index in [4.69, 9.17) is 0 Å². The first kappa shape index (κ1) is 12.4. The van der Waals surface area contributed by atoms with Crippen molar-refractivity contribution in [2.75, 3.05) is 6.61 Å². The van der Waals surface area contributed by atoms with E-state index in [1.807, 2.05) is 0 Å². The van der Waals surface area contributed by atoms with Crippen LogP contribution in [0.3, 0.4) is 0 Å². The van der Waals surface area contributed by atoms with Crippen LogP contribution in [0.1, 0.15) is 6.92 Å². The van der Waals surface area contributed by atoms with Gasteiger partial charge in [-0.15, -0.1) is 0 Å². The van der Waals surface area contributed by atoms with Gasteiger partial charge in [-0.1, -0.05) is 26.9 Å². The number of ether oxygens (including phenoxy) is 1. The molecule has 0 bridgehead atoms. The number of hydrogen-bond donors (Lipinski definition) is 0. The highest BCUT2D eigenvalue weighted by Gasteiger charge is 2.57. The van der Waals surface area contributed by atoms with Crippen molar-refractivity contribution in [3.8, 4) is 0 Å². The molecular weight excluding hydrogens is 208 g/mol. The van der Waals surface area contributed by atoms with Gasteiger partial charge in [-0.05, 0) is 6.92 Å². The molecule has 0 saturated carbocycles. The van der Waals surface area contributed by atoms with Crippen LogP contribution in [0.2, 0.25) is 0 Å². The zero-order valence-corrected chi connectivity index (χ0v) is 6.22. The summed E-state index contributed by atoms with van der Waals surface area (Å²) < 4.78 is 73.8. The molecule has 13 heavy (non-hydrogen) atoms. The third-order valence-electron chi connectivity index (χ3n) is 0.999. The van der Waals surface area contributed by atoms with Crippen molar-refractivity contribution >= 4 is 0 Å². The summed E-state index contributed by atoms with van der Waals surface area (Å²) in [7, 11) is 0. The lowest BCUT2D eigenvalue weighted by Crippen LogP contribution is -2.58. The number of nitrogens with zero attached hydrogens (tertiary/aromatic N) is 3. The molecule has 0 atom stereocenters. The normalized spacial score (nSPS) is 13.4. The fourth-order valence-corrected chi connectivity index (χ4v) is 0.511. The molecule has 0 aliphatic rings. The number of hydrogen-bond acceptors (Lipinski definition) is 4. The minimum atomic E-state index is -4.45. The minimum Gasteiger partial charge on any atom is -0.324 e. The van der Waals surface area contributed by atoms with Gasteiger partial charge in [0.2, 0.25) is 0 Å². The summed E-state index contributed by atoms with van der Waals surface area (Å²) in [6.07, 6.45) is 0. The molecule has 0 amide bonds. The van der Waals surface area contributed by atoms with Crippen LogP contribution in [0.15, 0.2) is 0 Å². The highest BCUT2D eigenvalue weighted by Crippen LogP contribution is 2.29. The fraction of sp³-hybridized carbons (Fsp3) is 1.00. The smallest absolute Gasteiger partial charge is 0.324 e. The van der Waals surface area contributed by atoms with Crippen molar-refractivity contribution in [1.29, 1.82) is 0 Å². The van der Waals surface area contributed by atoms with Crippen LogP contribution in [0.5, 0.6) is 0 Å². The molecule has 80 valence electrons. The van der Waals surface area contributed by atoms with Gasteiger partial charge in [0.15, 0.2) is 0 Å². The number of rotatable bonds is 5. The molecule has 0 fully saturated rings. The Kier molecular flexibility index (Phi) is 4.39. The lowest BCUT2D eigenvalue weighted by molar-refractivity contribution is -0.553. The molecule has 0 aromatic carbocycles. The van der Waals surface area contributed by atoms with Crippen molar-refractivity contribution in [3.63, 3.8) is 0 Å². The van der Waals surface area contributed by atoms with Crippen LogP contribution < -0.4 is 0 Å². The molecule has 0 rings (SSSR count). The molecule has 0 aromatic rings. The van der Waals surface area contributed by atoms with Crippen molar-refractivity contribution in [1.82, 2.24) is 16.0 Å². The Hall–Kier alpha value is -0.580. The largest absolute Gasteiger partial charge is 0.410 e. The summed E-state index contributed by atoms with van der Waals surface area (Å²) in [5.74, 6) is -4.45. The summed E-state index contributed by atoms with van der Waals surface area (Å²) >= 11 is 0. The maximum Gasteiger partial charge on any atom is 0.410 e. The first-order valence-electron chi connectivity index (χ1n) is 2.88. The molecule has 4 nitrogen and oxygen atoms in total. The molecule has 0 heterocycles. The van der Waals surface area contributed by atoms with Gasteiger partial charge >= 0.3 is 5.97 Å². The van der Waals surface area contributed by atoms with Gasteiger partial charge in [0.25, 0.3) is 0 Å². The van der Waals surface area contributed by atoms with E-state index in [-0.39, 0.29) is 0 Å². The average molecular weight is 213 g/mol. The third-order valence-corrected chi connectivity index (χ3v) is 0.999. The first-order valence-corrected chi connectivity index (χ1v) is 2.88. The Labute approximate surface area is 68.5 Å². The Morgan fingerprint density at radius 2 is 1.23 bits per heavy atom. The summed E-state index contributed by atoms with van der Waals surface area (Å²) in [6.45, 7) is 0.254. The Bertz CT molecular complexity index is 132. The van der Waals surface area contributed by atoms with Gasteiger partial charge < -0.3 is 4.74 Å². The zero-order chi connectivity index (χ0) is 10.6. The number of halogens is 6. The van der Waals surface area contributed by atoms with Crippen LogP contribution in [-0.4, -0.2) is 28.6 Å². The van der Waals surface area contributed by atoms with Crippen LogP contribution >= 0.6 is 0 Å². The van der Waals surface area contributed by atoms with Crippen molar-refractivity contribution in [3.05, 3.63) is 0 Å². The second kappa shape index (κ2) is 4.60. The summed E-state index contributed by atoms with van der Waals surface area (Å²) in [4.78, 5) is 0. The molecule has 0 radical (unpaired) electrons. The second-order valence-electron chi connectivity index (χ2n) is 1.71. The van der Waals surface area contributed by atoms with E-state index < -0.39 is 28.6 Å². The maximum absolute atomic E-state index is 11.7. The zero-order valence-electron chi connectivity index (χ0n) is 6.22. The highest BCUT2D eigenvalue weighted by atomic mass is 19.4. The predicted molar refractivity (Wildman–Crippen MR) is 26.5 cm³/mol. The Morgan fingerprint density at radius 3 is 1.31 bits per heavy atom. The van der Waals surface area contributed by atoms with E-state index in [0.29, 0.717) is 0 Å². The van der Waals surface area contributed by atoms with Crippen molar-refractivity contribution in [2.45, 2.75) is 12.9 Å². The summed E-state index contributed by atoms with van der Waals surface area (Å²) in [5.41, 5.74) is 0. The van der Waals surface area contributed by atoms with E-state index in [1.165, 1.54) is 0 Å². The van der Waals surface area contributed by atoms with E-state index in [9.17, 15) is 26.9 Å². The van der Waals surface area contributed by atoms with E-state index in [2.05, 4.69) is 4.74 Å². The summed E-state index contributed by atoms with van der Waals surface area (Å²) in [6, 6.07) is 0. The molecule has 0 aromatic heterocycles. The van der Waals surface area contributed by atoms with E-state index in [0.717, 1.165) is 6.92 Å². The Morgan fingerprint density at radius 1 is 0.923 bits per heavy atom. The van der Waals surface area contributed by atoms with Gasteiger partial charge in [-0.25, -0.2) is 0 Å². The second-order valence-corrected chi connectivity index (χ2v) is 1.71. The van der Waals surface area contributed by atoms with Gasteiger partial charge in [0, 0.05) is 6.61 Å². The average Bonchev–Trinajstić information content (AvgIpc) is 1.97. The molecule has 0 aliphatic heterocycles. The monoisotopic (exact) mass is 213 g/mol. The van der Waals surface area contributed by atoms with Gasteiger partial charge in [0.1, 0.15) is 0 Å². The molecular formula is C3H5F6N3O. The highest BCUT2D eigenvalue weighted by molar-refractivity contribution is 4.53. The van der Waals surface area contributed by atoms with E-state index in [1.54, 1.807) is 0 Å². The minimum absolute atomic E-state index is 0.751. The molecule has 0 N–H and O–H groups in total. The lowest BCUT2D eigenvalue weighted by atomic mass is 10.7. The fourth-order valence-electron chi connectivity index (χ4n) is 0.511. The third kappa shape index (κ3) is 2.21. The SMILES string of the molecule is CCOC(N(F)F)(N(F)F)N(F)F. The molecule has 10 heteroatoms. The quantitative estimate of drug-likeness (QED) is 0.394. The van der Waals surface area contributed by atoms with Gasteiger partial charge in [-0.3, -0.25) is 0 Å². The topological polar surface area (TPSA) is 19.0 Å². The van der Waals surface area contributed by atoms with Gasteiger partial charge in [0.05, 0.1) is 16.0 Å². The van der Waals surface area contributed by atoms with Gasteiger partial charge in [-0.2, -0.15) is 0 Å². The molecule has 0 saturated heterocycles. The van der Waals surface area contributed by atoms with Crippen molar-refractivity contribution in [2.24, 2.45) is 0 Å². The molecule has 0 aliphatic carbocycles. The molecule has 0 unspecified atom stereocenters. The standard InChI is InChI=1S/C3H5F6N3O/c1-2-13-3(10(4)5,11(6)7)12(8)9/h2H2,1H3. The lowest BCUT2D eigenvalue weighted by Gasteiger charge is -2.30. The van der Waals surface area contributed by atoms with E-state index >= 15 is 0 Å². The molecule has 0 spiro atoms. The predicted octanol–water partition coefficient (Wildman–Crippen LogP) is 1.85. The van der Waals surface area contributed by atoms with Crippen LogP contribution in [0.4, 0.5) is 26.9 Å². The van der Waals surface area contributed by atoms with Crippen molar-refractivity contribution < 1.29 is 31.6 Å². The van der Waals surface area contributed by atoms with Crippen LogP contribution in [-0.2, 0) is 4.74 Å². The summed E-state index contributed by atoms with van der Waals surface area (Å²) in [5, 5.41) is -7.34. The maximum atomic E-state index is 11.7. The first-order chi connectivity index (χ1) is 5.89.